The lowest BCUT2D eigenvalue weighted by atomic mass is 9.96. The largest absolute Gasteiger partial charge is 0.357 e. The number of guanidine groups is 1. The van der Waals surface area contributed by atoms with Crippen LogP contribution < -0.4 is 15.5 Å². The Morgan fingerprint density at radius 2 is 1.94 bits per heavy atom. The zero-order valence-electron chi connectivity index (χ0n) is 18.4. The molecule has 0 atom stereocenters. The van der Waals surface area contributed by atoms with Gasteiger partial charge in [0.15, 0.2) is 5.96 Å². The van der Waals surface area contributed by atoms with Crippen molar-refractivity contribution in [1.29, 1.82) is 0 Å². The Hall–Kier alpha value is -1.90. The molecule has 5 nitrogen and oxygen atoms in total. The highest BCUT2D eigenvalue weighted by Crippen LogP contribution is 2.48. The molecule has 4 rings (SSSR count). The zero-order valence-corrected chi connectivity index (χ0v) is 20.7. The maximum atomic E-state index is 13.7. The second-order valence-corrected chi connectivity index (χ2v) is 8.53. The molecule has 2 aliphatic rings. The summed E-state index contributed by atoms with van der Waals surface area (Å²) in [4.78, 5) is 11.9. The average Bonchev–Trinajstić information content (AvgIpc) is 3.54. The lowest BCUT2D eigenvalue weighted by Gasteiger charge is -2.34. The number of aryl methyl sites for hydroxylation is 1. The third kappa shape index (κ3) is 6.08. The quantitative estimate of drug-likeness (QED) is 0.326. The van der Waals surface area contributed by atoms with E-state index in [2.05, 4.69) is 39.6 Å². The molecule has 1 aromatic heterocycles. The molecule has 1 aromatic carbocycles. The van der Waals surface area contributed by atoms with Crippen molar-refractivity contribution in [1.82, 2.24) is 15.6 Å². The summed E-state index contributed by atoms with van der Waals surface area (Å²) in [7, 11) is 0. The molecule has 2 aromatic rings. The predicted octanol–water partition coefficient (Wildman–Crippen LogP) is 4.40. The number of anilines is 1. The highest BCUT2D eigenvalue weighted by Gasteiger charge is 2.44. The Kier molecular flexibility index (Phi) is 8.13. The second-order valence-electron chi connectivity index (χ2n) is 8.53. The van der Waals surface area contributed by atoms with Crippen LogP contribution >= 0.6 is 24.0 Å². The summed E-state index contributed by atoms with van der Waals surface area (Å²) in [6.07, 6.45) is 4.24. The molecule has 2 fully saturated rings. The summed E-state index contributed by atoms with van der Waals surface area (Å²) in [5, 5.41) is 7.00. The van der Waals surface area contributed by atoms with Crippen molar-refractivity contribution in [2.24, 2.45) is 4.99 Å². The molecule has 1 saturated carbocycles. The van der Waals surface area contributed by atoms with Crippen LogP contribution in [0.25, 0.3) is 0 Å². The van der Waals surface area contributed by atoms with E-state index in [-0.39, 0.29) is 35.2 Å². The molecular formula is C24H33FIN5. The number of nitrogens with one attached hydrogen (secondary N) is 2. The van der Waals surface area contributed by atoms with E-state index in [1.165, 1.54) is 6.07 Å². The first-order valence-corrected chi connectivity index (χ1v) is 11.1. The van der Waals surface area contributed by atoms with Crippen molar-refractivity contribution in [2.75, 3.05) is 31.1 Å². The van der Waals surface area contributed by atoms with Gasteiger partial charge in [0, 0.05) is 36.8 Å². The zero-order chi connectivity index (χ0) is 21.0. The number of rotatable bonds is 6. The minimum Gasteiger partial charge on any atom is -0.357 e. The number of halogens is 2. The van der Waals surface area contributed by atoms with Gasteiger partial charge in [0.1, 0.15) is 11.6 Å². The first kappa shape index (κ1) is 23.8. The number of hydrogen-bond donors (Lipinski definition) is 2. The molecule has 0 bridgehead atoms. The van der Waals surface area contributed by atoms with Gasteiger partial charge in [-0.15, -0.1) is 24.0 Å². The van der Waals surface area contributed by atoms with Gasteiger partial charge in [-0.2, -0.15) is 0 Å². The first-order valence-electron chi connectivity index (χ1n) is 11.1. The number of piperidine rings is 1. The van der Waals surface area contributed by atoms with Crippen LogP contribution in [0.1, 0.15) is 43.9 Å². The van der Waals surface area contributed by atoms with Gasteiger partial charge in [0.2, 0.25) is 0 Å². The first-order chi connectivity index (χ1) is 14.6. The van der Waals surface area contributed by atoms with Crippen LogP contribution in [0.5, 0.6) is 0 Å². The van der Waals surface area contributed by atoms with Crippen LogP contribution in [0.3, 0.4) is 0 Å². The number of aromatic nitrogens is 1. The van der Waals surface area contributed by atoms with Gasteiger partial charge >= 0.3 is 0 Å². The fourth-order valence-electron chi connectivity index (χ4n) is 4.21. The van der Waals surface area contributed by atoms with E-state index in [0.717, 1.165) is 68.4 Å². The molecule has 0 radical (unpaired) electrons. The third-order valence-corrected chi connectivity index (χ3v) is 6.21. The van der Waals surface area contributed by atoms with Gasteiger partial charge in [0.25, 0.3) is 0 Å². The Bertz CT molecular complexity index is 891. The topological polar surface area (TPSA) is 52.6 Å². The Labute approximate surface area is 202 Å². The van der Waals surface area contributed by atoms with Gasteiger partial charge in [0.05, 0.1) is 6.54 Å². The van der Waals surface area contributed by atoms with E-state index in [0.29, 0.717) is 12.6 Å². The number of hydrogen-bond acceptors (Lipinski definition) is 3. The summed E-state index contributed by atoms with van der Waals surface area (Å²) >= 11 is 0. The number of aliphatic imine (C=N–C) groups is 1. The van der Waals surface area contributed by atoms with Crippen molar-refractivity contribution in [3.63, 3.8) is 0 Å². The molecule has 1 aliphatic heterocycles. The van der Waals surface area contributed by atoms with Crippen molar-refractivity contribution >= 4 is 35.8 Å². The minimum atomic E-state index is -0.164. The fourth-order valence-corrected chi connectivity index (χ4v) is 4.21. The standard InChI is InChI=1S/C24H32FN5.HI/c1-3-26-23(27-17-24(12-13-24)19-7-5-8-20(25)16-19)29-21-10-14-30(15-11-21)22-9-4-6-18(2)28-22;/h4-9,16,21H,3,10-15,17H2,1-2H3,(H2,26,27,29);1H. The van der Waals surface area contributed by atoms with Crippen LogP contribution in [0.4, 0.5) is 10.2 Å². The molecule has 2 N–H and O–H groups in total. The summed E-state index contributed by atoms with van der Waals surface area (Å²) in [5.74, 6) is 1.77. The predicted molar refractivity (Wildman–Crippen MR) is 136 cm³/mol. The van der Waals surface area contributed by atoms with Crippen molar-refractivity contribution in [3.05, 3.63) is 59.5 Å². The highest BCUT2D eigenvalue weighted by molar-refractivity contribution is 14.0. The van der Waals surface area contributed by atoms with Crippen LogP contribution in [0.15, 0.2) is 47.5 Å². The van der Waals surface area contributed by atoms with Gasteiger partial charge in [-0.05, 0) is 69.4 Å². The third-order valence-electron chi connectivity index (χ3n) is 6.21. The molecule has 0 amide bonds. The van der Waals surface area contributed by atoms with Gasteiger partial charge in [-0.25, -0.2) is 9.37 Å². The maximum absolute atomic E-state index is 13.7. The summed E-state index contributed by atoms with van der Waals surface area (Å²) in [6, 6.07) is 13.6. The SMILES string of the molecule is CCNC(=NCC1(c2cccc(F)c2)CC1)NC1CCN(c2cccc(C)n2)CC1.I. The van der Waals surface area contributed by atoms with E-state index >= 15 is 0 Å². The normalized spacial score (nSPS) is 18.3. The summed E-state index contributed by atoms with van der Waals surface area (Å²) < 4.78 is 13.7. The molecule has 0 unspecified atom stereocenters. The minimum absolute atomic E-state index is 0. The molecule has 0 spiro atoms. The van der Waals surface area contributed by atoms with Crippen molar-refractivity contribution in [3.8, 4) is 0 Å². The number of benzene rings is 1. The van der Waals surface area contributed by atoms with Crippen molar-refractivity contribution in [2.45, 2.75) is 51.0 Å². The van der Waals surface area contributed by atoms with Gasteiger partial charge < -0.3 is 15.5 Å². The number of pyridine rings is 1. The molecular weight excluding hydrogens is 504 g/mol. The Morgan fingerprint density at radius 1 is 1.19 bits per heavy atom. The smallest absolute Gasteiger partial charge is 0.191 e. The lowest BCUT2D eigenvalue weighted by molar-refractivity contribution is 0.459. The van der Waals surface area contributed by atoms with Crippen LogP contribution in [0.2, 0.25) is 0 Å². The molecule has 7 heteroatoms. The number of nitrogens with zero attached hydrogens (tertiary/aromatic N) is 3. The average molecular weight is 537 g/mol. The van der Waals surface area contributed by atoms with E-state index < -0.39 is 0 Å². The maximum Gasteiger partial charge on any atom is 0.191 e. The highest BCUT2D eigenvalue weighted by atomic mass is 127. The van der Waals surface area contributed by atoms with Crippen LogP contribution in [0, 0.1) is 12.7 Å². The summed E-state index contributed by atoms with van der Waals surface area (Å²) in [5.41, 5.74) is 2.13. The summed E-state index contributed by atoms with van der Waals surface area (Å²) in [6.45, 7) is 7.61. The molecule has 1 aliphatic carbocycles. The van der Waals surface area contributed by atoms with E-state index in [1.54, 1.807) is 12.1 Å². The lowest BCUT2D eigenvalue weighted by Crippen LogP contribution is -2.49. The van der Waals surface area contributed by atoms with Gasteiger partial charge in [-0.3, -0.25) is 4.99 Å². The molecule has 31 heavy (non-hydrogen) atoms. The van der Waals surface area contributed by atoms with E-state index in [1.807, 2.05) is 19.1 Å². The van der Waals surface area contributed by atoms with Gasteiger partial charge in [-0.1, -0.05) is 18.2 Å². The molecule has 1 saturated heterocycles. The Balaban J connectivity index is 0.00000272. The van der Waals surface area contributed by atoms with E-state index in [9.17, 15) is 4.39 Å². The second kappa shape index (κ2) is 10.6. The van der Waals surface area contributed by atoms with E-state index in [4.69, 9.17) is 4.99 Å². The van der Waals surface area contributed by atoms with Crippen molar-refractivity contribution < 1.29 is 4.39 Å². The van der Waals surface area contributed by atoms with Crippen LogP contribution in [-0.2, 0) is 5.41 Å². The fraction of sp³-hybridized carbons (Fsp3) is 0.500. The molecule has 2 heterocycles. The molecule has 168 valence electrons. The van der Waals surface area contributed by atoms with Crippen LogP contribution in [-0.4, -0.2) is 43.2 Å². The Morgan fingerprint density at radius 3 is 2.58 bits per heavy atom. The monoisotopic (exact) mass is 537 g/mol.